The van der Waals surface area contributed by atoms with E-state index < -0.39 is 10.4 Å². The smallest absolute Gasteiger partial charge is 0.508 e. The Kier molecular flexibility index (Phi) is 1.33. The van der Waals surface area contributed by atoms with Crippen LogP contribution in [0.15, 0.2) is 24.3 Å². The van der Waals surface area contributed by atoms with Crippen molar-refractivity contribution >= 4 is 21.3 Å². The number of phenols is 1. The van der Waals surface area contributed by atoms with Gasteiger partial charge < -0.3 is 9.29 Å². The van der Waals surface area contributed by atoms with Gasteiger partial charge in [-0.15, -0.1) is 13.1 Å². The van der Waals surface area contributed by atoms with Crippen LogP contribution in [0.3, 0.4) is 0 Å². The maximum atomic E-state index is 10.9. The Morgan fingerprint density at radius 3 is 2.87 bits per heavy atom. The van der Waals surface area contributed by atoms with Gasteiger partial charge in [-0.05, 0) is 12.1 Å². The molecule has 0 bridgehead atoms. The molecule has 0 radical (unpaired) electrons. The summed E-state index contributed by atoms with van der Waals surface area (Å²) in [4.78, 5) is 0. The highest BCUT2D eigenvalue weighted by Crippen LogP contribution is 2.31. The minimum atomic E-state index is -3.99. The molecule has 6 nitrogen and oxygen atoms in total. The second-order valence-electron chi connectivity index (χ2n) is 3.09. The molecule has 0 fully saturated rings. The molecular weight excluding hydrogens is 222 g/mol. The highest BCUT2D eigenvalue weighted by Gasteiger charge is 2.30. The zero-order valence-electron chi connectivity index (χ0n) is 7.25. The molecular formula is C8H5NO5S. The van der Waals surface area contributed by atoms with Gasteiger partial charge in [0.25, 0.3) is 5.88 Å². The largest absolute Gasteiger partial charge is 0.522 e. The third kappa shape index (κ3) is 1.13. The average molecular weight is 227 g/mol. The van der Waals surface area contributed by atoms with Crippen LogP contribution >= 0.6 is 0 Å². The van der Waals surface area contributed by atoms with E-state index in [9.17, 15) is 13.5 Å². The molecule has 0 saturated carbocycles. The van der Waals surface area contributed by atoms with Crippen molar-refractivity contribution in [2.45, 2.75) is 0 Å². The van der Waals surface area contributed by atoms with Crippen molar-refractivity contribution in [3.05, 3.63) is 24.3 Å². The zero-order valence-corrected chi connectivity index (χ0v) is 8.06. The summed E-state index contributed by atoms with van der Waals surface area (Å²) >= 11 is 0. The Balaban J connectivity index is 2.34. The van der Waals surface area contributed by atoms with Crippen molar-refractivity contribution in [2.24, 2.45) is 0 Å². The van der Waals surface area contributed by atoms with E-state index in [2.05, 4.69) is 8.47 Å². The fourth-order valence-corrected chi connectivity index (χ4v) is 2.18. The zero-order chi connectivity index (χ0) is 10.6. The van der Waals surface area contributed by atoms with Crippen molar-refractivity contribution in [1.29, 1.82) is 0 Å². The van der Waals surface area contributed by atoms with Crippen LogP contribution in [0.5, 0.6) is 11.6 Å². The number of aromatic nitrogens is 1. The van der Waals surface area contributed by atoms with Gasteiger partial charge in [-0.2, -0.15) is 0 Å². The summed E-state index contributed by atoms with van der Waals surface area (Å²) in [5.41, 5.74) is 0.436. The first-order valence-corrected chi connectivity index (χ1v) is 5.37. The van der Waals surface area contributed by atoms with E-state index in [0.717, 1.165) is 10.1 Å². The quantitative estimate of drug-likeness (QED) is 0.705. The summed E-state index contributed by atoms with van der Waals surface area (Å²) in [6.45, 7) is 0. The lowest BCUT2D eigenvalue weighted by atomic mass is 10.2. The van der Waals surface area contributed by atoms with Crippen LogP contribution in [0.2, 0.25) is 0 Å². The Morgan fingerprint density at radius 2 is 2.07 bits per heavy atom. The van der Waals surface area contributed by atoms with Crippen molar-refractivity contribution in [2.75, 3.05) is 0 Å². The molecule has 2 aromatic rings. The lowest BCUT2D eigenvalue weighted by molar-refractivity contribution is 0.312. The molecule has 2 heterocycles. The first kappa shape index (κ1) is 8.42. The van der Waals surface area contributed by atoms with Gasteiger partial charge in [0.05, 0.1) is 5.52 Å². The molecule has 0 aliphatic carbocycles. The number of rotatable bonds is 0. The fraction of sp³-hybridized carbons (Fsp3) is 0. The van der Waals surface area contributed by atoms with Gasteiger partial charge in [0, 0.05) is 17.5 Å². The van der Waals surface area contributed by atoms with E-state index in [-0.39, 0.29) is 11.6 Å². The van der Waals surface area contributed by atoms with Gasteiger partial charge in [-0.25, -0.2) is 0 Å². The number of nitrogens with zero attached hydrogens (tertiary/aromatic N) is 1. The van der Waals surface area contributed by atoms with E-state index in [1.807, 2.05) is 0 Å². The van der Waals surface area contributed by atoms with Crippen LogP contribution in [0, 0.1) is 0 Å². The summed E-state index contributed by atoms with van der Waals surface area (Å²) in [6, 6.07) is 6.03. The monoisotopic (exact) mass is 227 g/mol. The van der Waals surface area contributed by atoms with Crippen molar-refractivity contribution < 1.29 is 22.0 Å². The highest BCUT2D eigenvalue weighted by atomic mass is 32.3. The molecule has 0 amide bonds. The number of benzene rings is 1. The van der Waals surface area contributed by atoms with Gasteiger partial charge in [0.15, 0.2) is 0 Å². The van der Waals surface area contributed by atoms with Crippen LogP contribution in [-0.2, 0) is 10.4 Å². The Labute approximate surface area is 84.5 Å². The lowest BCUT2D eigenvalue weighted by Gasteiger charge is -1.97. The summed E-state index contributed by atoms with van der Waals surface area (Å²) in [7, 11) is -3.99. The summed E-state index contributed by atoms with van der Waals surface area (Å²) < 4.78 is 32.0. The molecule has 0 atom stereocenters. The van der Waals surface area contributed by atoms with Crippen LogP contribution in [0.4, 0.5) is 0 Å². The van der Waals surface area contributed by atoms with Crippen LogP contribution < -0.4 is 8.47 Å². The molecule has 1 aliphatic heterocycles. The molecule has 1 aromatic heterocycles. The van der Waals surface area contributed by atoms with E-state index >= 15 is 0 Å². The maximum absolute atomic E-state index is 10.9. The van der Waals surface area contributed by atoms with Gasteiger partial charge in [-0.1, -0.05) is 0 Å². The molecule has 1 N–H and O–H groups in total. The van der Waals surface area contributed by atoms with Crippen LogP contribution in [-0.4, -0.2) is 18.3 Å². The topological polar surface area (TPSA) is 77.8 Å². The van der Waals surface area contributed by atoms with Crippen molar-refractivity contribution in [1.82, 2.24) is 4.73 Å². The Morgan fingerprint density at radius 1 is 1.27 bits per heavy atom. The summed E-state index contributed by atoms with van der Waals surface area (Å²) in [5, 5.41) is 9.97. The average Bonchev–Trinajstić information content (AvgIpc) is 2.58. The van der Waals surface area contributed by atoms with Crippen molar-refractivity contribution in [3.63, 3.8) is 0 Å². The maximum Gasteiger partial charge on any atom is 0.522 e. The lowest BCUT2D eigenvalue weighted by Crippen LogP contribution is -2.13. The standard InChI is InChI=1S/C8H5NO5S/c10-6-2-1-5-3-8-9(7(5)4-6)14-15(11,12)13-8/h1-4,10H. The van der Waals surface area contributed by atoms with Gasteiger partial charge >= 0.3 is 10.4 Å². The number of hydrogen-bond acceptors (Lipinski definition) is 5. The molecule has 78 valence electrons. The predicted molar refractivity (Wildman–Crippen MR) is 49.7 cm³/mol. The minimum Gasteiger partial charge on any atom is -0.508 e. The highest BCUT2D eigenvalue weighted by molar-refractivity contribution is 7.82. The van der Waals surface area contributed by atoms with E-state index in [1.54, 1.807) is 6.07 Å². The molecule has 0 spiro atoms. The molecule has 1 aromatic carbocycles. The van der Waals surface area contributed by atoms with E-state index in [1.165, 1.54) is 18.2 Å². The molecule has 1 aliphatic rings. The Hall–Kier alpha value is -1.89. The number of phenolic OH excluding ortho intramolecular Hbond substituents is 1. The van der Waals surface area contributed by atoms with E-state index in [0.29, 0.717) is 5.52 Å². The number of aromatic hydroxyl groups is 1. The van der Waals surface area contributed by atoms with Crippen LogP contribution in [0.1, 0.15) is 0 Å². The summed E-state index contributed by atoms with van der Waals surface area (Å²) in [5.74, 6) is 0.104. The second kappa shape index (κ2) is 2.37. The van der Waals surface area contributed by atoms with Gasteiger partial charge in [0.2, 0.25) is 0 Å². The molecule has 0 saturated heterocycles. The van der Waals surface area contributed by atoms with E-state index in [4.69, 9.17) is 0 Å². The molecule has 3 rings (SSSR count). The normalized spacial score (nSPS) is 17.1. The molecule has 15 heavy (non-hydrogen) atoms. The first-order valence-electron chi connectivity index (χ1n) is 4.04. The predicted octanol–water partition coefficient (Wildman–Crippen LogP) is 0.413. The number of hydrogen-bond donors (Lipinski definition) is 1. The third-order valence-electron chi connectivity index (χ3n) is 2.07. The second-order valence-corrected chi connectivity index (χ2v) is 4.22. The fourth-order valence-electron chi connectivity index (χ4n) is 1.49. The first-order chi connectivity index (χ1) is 7.05. The number of fused-ring (bicyclic) bond motifs is 3. The van der Waals surface area contributed by atoms with Crippen LogP contribution in [0.25, 0.3) is 10.9 Å². The van der Waals surface area contributed by atoms with Crippen molar-refractivity contribution in [3.8, 4) is 11.6 Å². The Bertz CT molecular complexity index is 657. The molecule has 0 unspecified atom stereocenters. The van der Waals surface area contributed by atoms with Gasteiger partial charge in [0.1, 0.15) is 5.75 Å². The molecule has 7 heteroatoms. The summed E-state index contributed by atoms with van der Waals surface area (Å²) in [6.07, 6.45) is 0. The van der Waals surface area contributed by atoms with Gasteiger partial charge in [-0.3, -0.25) is 4.28 Å². The SMILES string of the molecule is O=S1(=O)Oc2cc3ccc(O)cc3n2O1. The minimum absolute atomic E-state index is 0.0243. The third-order valence-corrected chi connectivity index (χ3v) is 2.77.